The molecule has 2 aromatic carbocycles. The molecule has 0 radical (unpaired) electrons. The van der Waals surface area contributed by atoms with E-state index in [4.69, 9.17) is 28.6 Å². The van der Waals surface area contributed by atoms with E-state index in [0.717, 1.165) is 27.9 Å². The van der Waals surface area contributed by atoms with Gasteiger partial charge in [-0.05, 0) is 54.9 Å². The van der Waals surface area contributed by atoms with Gasteiger partial charge in [-0.3, -0.25) is 15.0 Å². The summed E-state index contributed by atoms with van der Waals surface area (Å²) in [5, 5.41) is 1.38. The number of hydrogen-bond donors (Lipinski definition) is 1. The standard InChI is InChI=1S/C22H21ClN2O3S2/c1-13(2)12-28-18-7-5-4-6-15(18)11-19-21(27)25(22(29)30-19)24-20(26)16-9-8-14(3)10-17(16)23/h4-11,13H,12H2,1-3H3,(H,24,26)/b19-11+. The number of halogens is 1. The highest BCUT2D eigenvalue weighted by Crippen LogP contribution is 2.33. The molecule has 3 rings (SSSR count). The molecule has 1 fully saturated rings. The number of aryl methyl sites for hydroxylation is 1. The van der Waals surface area contributed by atoms with Gasteiger partial charge in [-0.1, -0.05) is 61.5 Å². The Balaban J connectivity index is 1.79. The quantitative estimate of drug-likeness (QED) is 0.472. The molecule has 1 aliphatic rings. The van der Waals surface area contributed by atoms with Crippen LogP contribution in [0, 0.1) is 12.8 Å². The topological polar surface area (TPSA) is 58.6 Å². The van der Waals surface area contributed by atoms with Gasteiger partial charge in [-0.2, -0.15) is 5.01 Å². The number of thiocarbonyl (C=S) groups is 1. The molecule has 0 aliphatic carbocycles. The molecule has 1 N–H and O–H groups in total. The summed E-state index contributed by atoms with van der Waals surface area (Å²) in [5.41, 5.74) is 4.53. The molecule has 0 spiro atoms. The van der Waals surface area contributed by atoms with Crippen molar-refractivity contribution in [2.75, 3.05) is 6.61 Å². The normalized spacial score (nSPS) is 15.2. The number of amides is 2. The molecule has 0 bridgehead atoms. The predicted molar refractivity (Wildman–Crippen MR) is 125 cm³/mol. The molecule has 0 unspecified atom stereocenters. The third-order valence-corrected chi connectivity index (χ3v) is 5.77. The van der Waals surface area contributed by atoms with Crippen molar-refractivity contribution in [1.29, 1.82) is 0 Å². The van der Waals surface area contributed by atoms with Gasteiger partial charge in [0.2, 0.25) is 0 Å². The van der Waals surface area contributed by atoms with Crippen LogP contribution in [-0.2, 0) is 4.79 Å². The Morgan fingerprint density at radius 3 is 2.73 bits per heavy atom. The minimum atomic E-state index is -0.502. The molecular weight excluding hydrogens is 440 g/mol. The molecule has 30 heavy (non-hydrogen) atoms. The second kappa shape index (κ2) is 9.64. The number of thioether (sulfide) groups is 1. The second-order valence-corrected chi connectivity index (χ2v) is 9.27. The number of nitrogens with zero attached hydrogens (tertiary/aromatic N) is 1. The molecule has 2 aromatic rings. The van der Waals surface area contributed by atoms with Crippen LogP contribution in [-0.4, -0.2) is 27.8 Å². The number of rotatable bonds is 6. The van der Waals surface area contributed by atoms with Crippen LogP contribution in [0.5, 0.6) is 5.75 Å². The van der Waals surface area contributed by atoms with E-state index in [-0.39, 0.29) is 9.88 Å². The van der Waals surface area contributed by atoms with Crippen molar-refractivity contribution in [1.82, 2.24) is 10.4 Å². The fraction of sp³-hybridized carbons (Fsp3) is 0.227. The third-order valence-electron chi connectivity index (χ3n) is 4.15. The zero-order valence-corrected chi connectivity index (χ0v) is 19.2. The van der Waals surface area contributed by atoms with Crippen molar-refractivity contribution in [3.05, 3.63) is 69.1 Å². The Bertz CT molecular complexity index is 1040. The van der Waals surface area contributed by atoms with Gasteiger partial charge in [-0.25, -0.2) is 0 Å². The molecule has 8 heteroatoms. The lowest BCUT2D eigenvalue weighted by atomic mass is 10.1. The van der Waals surface area contributed by atoms with Crippen molar-refractivity contribution in [3.8, 4) is 5.75 Å². The van der Waals surface area contributed by atoms with Crippen LogP contribution in [0.4, 0.5) is 0 Å². The van der Waals surface area contributed by atoms with Crippen molar-refractivity contribution in [2.24, 2.45) is 5.92 Å². The lowest BCUT2D eigenvalue weighted by Gasteiger charge is -2.16. The van der Waals surface area contributed by atoms with Crippen molar-refractivity contribution in [3.63, 3.8) is 0 Å². The number of ether oxygens (including phenoxy) is 1. The van der Waals surface area contributed by atoms with Gasteiger partial charge in [-0.15, -0.1) is 0 Å². The van der Waals surface area contributed by atoms with E-state index in [9.17, 15) is 9.59 Å². The molecule has 1 heterocycles. The first-order chi connectivity index (χ1) is 14.3. The SMILES string of the molecule is Cc1ccc(C(=O)NN2C(=O)/C(=C\c3ccccc3OCC(C)C)SC2=S)c(Cl)c1. The van der Waals surface area contributed by atoms with E-state index in [1.54, 1.807) is 24.3 Å². The lowest BCUT2D eigenvalue weighted by Crippen LogP contribution is -2.44. The Morgan fingerprint density at radius 1 is 1.30 bits per heavy atom. The van der Waals surface area contributed by atoms with Gasteiger partial charge < -0.3 is 4.74 Å². The molecule has 1 saturated heterocycles. The van der Waals surface area contributed by atoms with E-state index in [1.165, 1.54) is 0 Å². The van der Waals surface area contributed by atoms with Crippen LogP contribution in [0.1, 0.15) is 35.3 Å². The monoisotopic (exact) mass is 460 g/mol. The van der Waals surface area contributed by atoms with Crippen molar-refractivity contribution < 1.29 is 14.3 Å². The minimum Gasteiger partial charge on any atom is -0.493 e. The van der Waals surface area contributed by atoms with E-state index in [2.05, 4.69) is 19.3 Å². The maximum Gasteiger partial charge on any atom is 0.285 e. The Labute approximate surface area is 190 Å². The number of hydrazine groups is 1. The highest BCUT2D eigenvalue weighted by molar-refractivity contribution is 8.26. The maximum absolute atomic E-state index is 12.9. The summed E-state index contributed by atoms with van der Waals surface area (Å²) in [5.74, 6) is 0.158. The number of carbonyl (C=O) groups excluding carboxylic acids is 2. The van der Waals surface area contributed by atoms with Gasteiger partial charge >= 0.3 is 0 Å². The molecule has 156 valence electrons. The van der Waals surface area contributed by atoms with E-state index in [1.807, 2.05) is 31.2 Å². The number of para-hydroxylation sites is 1. The molecular formula is C22H21ClN2O3S2. The number of benzene rings is 2. The maximum atomic E-state index is 12.9. The molecule has 2 amide bonds. The molecule has 5 nitrogen and oxygen atoms in total. The van der Waals surface area contributed by atoms with Crippen molar-refractivity contribution in [2.45, 2.75) is 20.8 Å². The van der Waals surface area contributed by atoms with Crippen LogP contribution in [0.2, 0.25) is 5.02 Å². The van der Waals surface area contributed by atoms with E-state index in [0.29, 0.717) is 28.2 Å². The predicted octanol–water partition coefficient (Wildman–Crippen LogP) is 5.23. The lowest BCUT2D eigenvalue weighted by molar-refractivity contribution is -0.123. The van der Waals surface area contributed by atoms with Gasteiger partial charge in [0.1, 0.15) is 5.75 Å². The average molecular weight is 461 g/mol. The van der Waals surface area contributed by atoms with E-state index < -0.39 is 11.8 Å². The van der Waals surface area contributed by atoms with E-state index >= 15 is 0 Å². The number of hydrogen-bond acceptors (Lipinski definition) is 5. The van der Waals surface area contributed by atoms with Crippen LogP contribution in [0.25, 0.3) is 6.08 Å². The number of carbonyl (C=O) groups is 2. The fourth-order valence-electron chi connectivity index (χ4n) is 2.66. The Kier molecular flexibility index (Phi) is 7.18. The first-order valence-electron chi connectivity index (χ1n) is 9.33. The Morgan fingerprint density at radius 2 is 2.03 bits per heavy atom. The molecule has 1 aliphatic heterocycles. The smallest absolute Gasteiger partial charge is 0.285 e. The van der Waals surface area contributed by atoms with Crippen LogP contribution in [0.3, 0.4) is 0 Å². The third kappa shape index (κ3) is 5.22. The minimum absolute atomic E-state index is 0.239. The highest BCUT2D eigenvalue weighted by Gasteiger charge is 2.34. The van der Waals surface area contributed by atoms with Gasteiger partial charge in [0.25, 0.3) is 11.8 Å². The fourth-order valence-corrected chi connectivity index (χ4v) is 4.15. The first-order valence-corrected chi connectivity index (χ1v) is 10.9. The largest absolute Gasteiger partial charge is 0.493 e. The van der Waals surface area contributed by atoms with Crippen LogP contribution in [0.15, 0.2) is 47.4 Å². The average Bonchev–Trinajstić information content (AvgIpc) is 2.94. The highest BCUT2D eigenvalue weighted by atomic mass is 35.5. The first kappa shape index (κ1) is 22.3. The summed E-state index contributed by atoms with van der Waals surface area (Å²) in [6.45, 7) is 6.58. The van der Waals surface area contributed by atoms with Crippen LogP contribution >= 0.6 is 35.6 Å². The summed E-state index contributed by atoms with van der Waals surface area (Å²) in [6.07, 6.45) is 1.72. The summed E-state index contributed by atoms with van der Waals surface area (Å²) in [4.78, 5) is 25.9. The van der Waals surface area contributed by atoms with Crippen LogP contribution < -0.4 is 10.2 Å². The molecule has 0 aromatic heterocycles. The molecule has 0 saturated carbocycles. The van der Waals surface area contributed by atoms with Gasteiger partial charge in [0.15, 0.2) is 4.32 Å². The molecule has 0 atom stereocenters. The van der Waals surface area contributed by atoms with Gasteiger partial charge in [0.05, 0.1) is 22.1 Å². The second-order valence-electron chi connectivity index (χ2n) is 7.18. The zero-order chi connectivity index (χ0) is 21.8. The summed E-state index contributed by atoms with van der Waals surface area (Å²) < 4.78 is 6.09. The van der Waals surface area contributed by atoms with Crippen molar-refractivity contribution >= 4 is 57.8 Å². The Hall–Kier alpha value is -2.35. The summed E-state index contributed by atoms with van der Waals surface area (Å²) in [6, 6.07) is 12.6. The number of nitrogens with one attached hydrogen (secondary N) is 1. The summed E-state index contributed by atoms with van der Waals surface area (Å²) >= 11 is 12.6. The zero-order valence-electron chi connectivity index (χ0n) is 16.8. The summed E-state index contributed by atoms with van der Waals surface area (Å²) in [7, 11) is 0. The van der Waals surface area contributed by atoms with Gasteiger partial charge in [0, 0.05) is 5.56 Å².